The van der Waals surface area contributed by atoms with Gasteiger partial charge in [-0.3, -0.25) is 9.69 Å². The lowest BCUT2D eigenvalue weighted by Gasteiger charge is -2.32. The minimum Gasteiger partial charge on any atom is -0.356 e. The normalized spacial score (nSPS) is 20.3. The maximum atomic E-state index is 12.5. The van der Waals surface area contributed by atoms with Crippen molar-refractivity contribution in [2.45, 2.75) is 39.3 Å². The minimum absolute atomic E-state index is 0.0468. The van der Waals surface area contributed by atoms with E-state index in [0.29, 0.717) is 28.5 Å². The van der Waals surface area contributed by atoms with Crippen molar-refractivity contribution in [3.8, 4) is 11.4 Å². The number of hydrogen-bond donors (Lipinski definition) is 1. The van der Waals surface area contributed by atoms with Crippen LogP contribution in [0.2, 0.25) is 10.0 Å². The first-order valence-corrected chi connectivity index (χ1v) is 10.6. The lowest BCUT2D eigenvalue weighted by Crippen LogP contribution is -2.44. The van der Waals surface area contributed by atoms with Gasteiger partial charge in [-0.15, -0.1) is 0 Å². The van der Waals surface area contributed by atoms with Crippen molar-refractivity contribution < 1.29 is 4.79 Å². The predicted octanol–water partition coefficient (Wildman–Crippen LogP) is 3.76. The fraction of sp³-hybridized carbons (Fsp3) is 0.550. The van der Waals surface area contributed by atoms with Crippen LogP contribution in [-0.4, -0.2) is 45.2 Å². The summed E-state index contributed by atoms with van der Waals surface area (Å²) in [5.74, 6) is 2.41. The number of nitrogens with one attached hydrogen (secondary N) is 1. The maximum Gasteiger partial charge on any atom is 0.224 e. The highest BCUT2D eigenvalue weighted by molar-refractivity contribution is 6.42. The number of rotatable bonds is 6. The summed E-state index contributed by atoms with van der Waals surface area (Å²) in [4.78, 5) is 19.3. The molecular weight excluding hydrogens is 397 g/mol. The largest absolute Gasteiger partial charge is 0.356 e. The maximum absolute atomic E-state index is 12.5. The minimum atomic E-state index is 0.0468. The van der Waals surface area contributed by atoms with Gasteiger partial charge < -0.3 is 5.32 Å². The highest BCUT2D eigenvalue weighted by atomic mass is 35.5. The predicted molar refractivity (Wildman–Crippen MR) is 110 cm³/mol. The molecule has 4 rings (SSSR count). The second-order valence-electron chi connectivity index (χ2n) is 7.86. The quantitative estimate of drug-likeness (QED) is 0.770. The molecule has 28 heavy (non-hydrogen) atoms. The van der Waals surface area contributed by atoms with Gasteiger partial charge in [0.2, 0.25) is 5.91 Å². The van der Waals surface area contributed by atoms with Crippen molar-refractivity contribution in [2.75, 3.05) is 19.6 Å². The number of amides is 1. The fourth-order valence-electron chi connectivity index (χ4n) is 3.70. The van der Waals surface area contributed by atoms with Gasteiger partial charge in [0, 0.05) is 18.7 Å². The number of carbonyl (C=O) groups is 1. The summed E-state index contributed by atoms with van der Waals surface area (Å²) >= 11 is 12.2. The monoisotopic (exact) mass is 421 g/mol. The second-order valence-corrected chi connectivity index (χ2v) is 8.67. The van der Waals surface area contributed by atoms with Crippen molar-refractivity contribution in [3.63, 3.8) is 0 Å². The van der Waals surface area contributed by atoms with Crippen molar-refractivity contribution in [2.24, 2.45) is 11.8 Å². The Balaban J connectivity index is 1.44. The molecule has 1 aliphatic carbocycles. The van der Waals surface area contributed by atoms with Crippen LogP contribution in [0, 0.1) is 18.8 Å². The van der Waals surface area contributed by atoms with Crippen LogP contribution in [0.25, 0.3) is 11.4 Å². The van der Waals surface area contributed by atoms with Gasteiger partial charge in [0.05, 0.1) is 22.6 Å². The first kappa shape index (κ1) is 19.7. The molecule has 0 spiro atoms. The first-order valence-electron chi connectivity index (χ1n) is 9.86. The smallest absolute Gasteiger partial charge is 0.224 e. The van der Waals surface area contributed by atoms with Gasteiger partial charge in [0.25, 0.3) is 0 Å². The molecule has 8 heteroatoms. The zero-order valence-electron chi connectivity index (χ0n) is 16.0. The van der Waals surface area contributed by atoms with Gasteiger partial charge in [-0.2, -0.15) is 5.10 Å². The van der Waals surface area contributed by atoms with Crippen molar-refractivity contribution >= 4 is 29.1 Å². The van der Waals surface area contributed by atoms with E-state index in [0.717, 1.165) is 43.9 Å². The van der Waals surface area contributed by atoms with Crippen LogP contribution in [0.1, 0.15) is 31.5 Å². The summed E-state index contributed by atoms with van der Waals surface area (Å²) in [7, 11) is 0. The van der Waals surface area contributed by atoms with Crippen LogP contribution in [0.5, 0.6) is 0 Å². The van der Waals surface area contributed by atoms with E-state index >= 15 is 0 Å². The molecule has 1 amide bonds. The van der Waals surface area contributed by atoms with Crippen LogP contribution in [0.15, 0.2) is 18.2 Å². The Morgan fingerprint density at radius 2 is 2.07 bits per heavy atom. The Morgan fingerprint density at radius 3 is 2.82 bits per heavy atom. The van der Waals surface area contributed by atoms with Gasteiger partial charge in [-0.1, -0.05) is 23.2 Å². The van der Waals surface area contributed by atoms with Gasteiger partial charge in [0.1, 0.15) is 5.82 Å². The van der Waals surface area contributed by atoms with E-state index < -0.39 is 0 Å². The number of likely N-dealkylation sites (tertiary alicyclic amines) is 1. The number of hydrogen-bond acceptors (Lipinski definition) is 4. The third-order valence-corrected chi connectivity index (χ3v) is 6.17. The van der Waals surface area contributed by atoms with E-state index in [2.05, 4.69) is 20.3 Å². The molecule has 2 aromatic rings. The van der Waals surface area contributed by atoms with E-state index in [9.17, 15) is 4.79 Å². The summed E-state index contributed by atoms with van der Waals surface area (Å²) in [5.41, 5.74) is 0.880. The molecule has 1 aromatic carbocycles. The van der Waals surface area contributed by atoms with Crippen molar-refractivity contribution in [3.05, 3.63) is 34.1 Å². The van der Waals surface area contributed by atoms with Crippen LogP contribution < -0.4 is 5.32 Å². The van der Waals surface area contributed by atoms with Crippen LogP contribution >= 0.6 is 23.2 Å². The zero-order valence-corrected chi connectivity index (χ0v) is 17.5. The van der Waals surface area contributed by atoms with Crippen molar-refractivity contribution in [1.29, 1.82) is 0 Å². The van der Waals surface area contributed by atoms with E-state index in [-0.39, 0.29) is 11.8 Å². The van der Waals surface area contributed by atoms with Crippen LogP contribution in [0.3, 0.4) is 0 Å². The van der Waals surface area contributed by atoms with Crippen LogP contribution in [-0.2, 0) is 11.5 Å². The van der Waals surface area contributed by atoms with E-state index in [1.165, 1.54) is 12.8 Å². The molecule has 0 radical (unpaired) electrons. The number of nitrogens with zero attached hydrogens (tertiary/aromatic N) is 4. The SMILES string of the molecule is Cc1nc(-c2ccc(Cl)c(Cl)c2)n(CN2CCCC(C(=O)NCC3CC3)C2)n1. The Kier molecular flexibility index (Phi) is 5.90. The lowest BCUT2D eigenvalue weighted by atomic mass is 9.97. The molecule has 1 atom stereocenters. The third-order valence-electron chi connectivity index (χ3n) is 5.43. The number of benzene rings is 1. The summed E-state index contributed by atoms with van der Waals surface area (Å²) < 4.78 is 1.89. The highest BCUT2D eigenvalue weighted by Crippen LogP contribution is 2.29. The molecule has 0 bridgehead atoms. The van der Waals surface area contributed by atoms with Gasteiger partial charge in [-0.05, 0) is 63.3 Å². The van der Waals surface area contributed by atoms with E-state index in [1.54, 1.807) is 6.07 Å². The molecule has 1 aromatic heterocycles. The molecule has 2 aliphatic rings. The highest BCUT2D eigenvalue weighted by Gasteiger charge is 2.28. The Hall–Kier alpha value is -1.63. The molecule has 1 unspecified atom stereocenters. The third kappa shape index (κ3) is 4.67. The first-order chi connectivity index (χ1) is 13.5. The Bertz CT molecular complexity index is 864. The fourth-order valence-corrected chi connectivity index (χ4v) is 4.00. The summed E-state index contributed by atoms with van der Waals surface area (Å²) in [6.07, 6.45) is 4.46. The molecule has 2 heterocycles. The second kappa shape index (κ2) is 8.39. The molecule has 1 N–H and O–H groups in total. The summed E-state index contributed by atoms with van der Waals surface area (Å²) in [5, 5.41) is 8.70. The summed E-state index contributed by atoms with van der Waals surface area (Å²) in [6.45, 7) is 5.01. The molecule has 6 nitrogen and oxygen atoms in total. The number of piperidine rings is 1. The topological polar surface area (TPSA) is 63.1 Å². The van der Waals surface area contributed by atoms with Crippen LogP contribution in [0.4, 0.5) is 0 Å². The molecule has 150 valence electrons. The Labute approximate surface area is 175 Å². The van der Waals surface area contributed by atoms with Gasteiger partial charge in [0.15, 0.2) is 5.82 Å². The number of aromatic nitrogens is 3. The average Bonchev–Trinajstić information content (AvgIpc) is 3.44. The molecule has 1 saturated heterocycles. The molecule has 1 saturated carbocycles. The van der Waals surface area contributed by atoms with Gasteiger partial charge in [-0.25, -0.2) is 9.67 Å². The number of carbonyl (C=O) groups excluding carboxylic acids is 1. The zero-order chi connectivity index (χ0) is 19.7. The molecular formula is C20H25Cl2N5O. The summed E-state index contributed by atoms with van der Waals surface area (Å²) in [6, 6.07) is 5.49. The Morgan fingerprint density at radius 1 is 1.25 bits per heavy atom. The number of aryl methyl sites for hydroxylation is 1. The number of halogens is 2. The standard InChI is InChI=1S/C20H25Cl2N5O/c1-13-24-19(15-6-7-17(21)18(22)9-15)27(25-13)12-26-8-2-3-16(11-26)20(28)23-10-14-4-5-14/h6-7,9,14,16H,2-5,8,10-12H2,1H3,(H,23,28). The van der Waals surface area contributed by atoms with E-state index in [4.69, 9.17) is 23.2 Å². The average molecular weight is 422 g/mol. The lowest BCUT2D eigenvalue weighted by molar-refractivity contribution is -0.127. The van der Waals surface area contributed by atoms with E-state index in [1.807, 2.05) is 23.7 Å². The van der Waals surface area contributed by atoms with Gasteiger partial charge >= 0.3 is 0 Å². The van der Waals surface area contributed by atoms with Crippen molar-refractivity contribution in [1.82, 2.24) is 25.0 Å². The molecule has 1 aliphatic heterocycles. The molecule has 2 fully saturated rings.